The van der Waals surface area contributed by atoms with Crippen molar-refractivity contribution in [2.45, 2.75) is 126 Å². The lowest BCUT2D eigenvalue weighted by molar-refractivity contribution is -0.283. The maximum Gasteiger partial charge on any atom is 0.311 e. The second-order valence-electron chi connectivity index (χ2n) is 17.3. The zero-order chi connectivity index (χ0) is 39.6. The first kappa shape index (κ1) is 42.3. The number of carbonyl (C=O) groups is 5. The Kier molecular flexibility index (Phi) is 12.9. The second kappa shape index (κ2) is 15.9. The largest absolute Gasteiger partial charge is 0.493 e. The van der Waals surface area contributed by atoms with E-state index in [9.17, 15) is 24.0 Å². The van der Waals surface area contributed by atoms with E-state index in [4.69, 9.17) is 33.2 Å². The van der Waals surface area contributed by atoms with E-state index >= 15 is 0 Å². The molecule has 2 aliphatic heterocycles. The minimum Gasteiger partial charge on any atom is -0.493 e. The third-order valence-corrected chi connectivity index (χ3v) is 8.44. The Morgan fingerprint density at radius 2 is 1.17 bits per heavy atom. The molecule has 2 aliphatic rings. The fraction of sp³-hybridized carbons (Fsp3) is 0.667. The summed E-state index contributed by atoms with van der Waals surface area (Å²) in [4.78, 5) is 68.7. The molecule has 0 spiro atoms. The predicted molar refractivity (Wildman–Crippen MR) is 190 cm³/mol. The van der Waals surface area contributed by atoms with Crippen LogP contribution in [0.15, 0.2) is 30.5 Å². The summed E-state index contributed by atoms with van der Waals surface area (Å²) in [5.41, 5.74) is -3.30. The van der Waals surface area contributed by atoms with Gasteiger partial charge in [-0.25, -0.2) is 0 Å². The summed E-state index contributed by atoms with van der Waals surface area (Å²) in [6.07, 6.45) is -3.84. The van der Waals surface area contributed by atoms with E-state index in [1.807, 2.05) is 0 Å². The fourth-order valence-electron chi connectivity index (χ4n) is 5.20. The maximum atomic E-state index is 13.7. The molecule has 0 saturated carbocycles. The van der Waals surface area contributed by atoms with E-state index in [1.165, 1.54) is 26.5 Å². The van der Waals surface area contributed by atoms with Crippen LogP contribution in [-0.4, -0.2) is 86.0 Å². The van der Waals surface area contributed by atoms with Crippen molar-refractivity contribution in [3.8, 4) is 11.5 Å². The lowest BCUT2D eigenvalue weighted by Crippen LogP contribution is -2.67. The Morgan fingerprint density at radius 1 is 0.692 bits per heavy atom. The molecule has 0 radical (unpaired) electrons. The van der Waals surface area contributed by atoms with E-state index in [2.05, 4.69) is 0 Å². The molecule has 290 valence electrons. The third kappa shape index (κ3) is 10.3. The average Bonchev–Trinajstić information content (AvgIpc) is 3.03. The topological polar surface area (TPSA) is 153 Å². The van der Waals surface area contributed by atoms with Crippen molar-refractivity contribution in [1.82, 2.24) is 4.90 Å². The van der Waals surface area contributed by atoms with Crippen LogP contribution in [0.4, 0.5) is 0 Å². The first-order valence-corrected chi connectivity index (χ1v) is 17.5. The molecule has 1 fully saturated rings. The van der Waals surface area contributed by atoms with Crippen LogP contribution in [0.2, 0.25) is 0 Å². The summed E-state index contributed by atoms with van der Waals surface area (Å²) in [6, 6.07) is 4.51. The zero-order valence-corrected chi connectivity index (χ0v) is 33.1. The van der Waals surface area contributed by atoms with Gasteiger partial charge in [-0.05, 0) is 107 Å². The van der Waals surface area contributed by atoms with Crippen molar-refractivity contribution in [2.75, 3.05) is 20.8 Å². The van der Waals surface area contributed by atoms with Gasteiger partial charge < -0.3 is 38.1 Å². The minimum atomic E-state index is -1.45. The van der Waals surface area contributed by atoms with Crippen molar-refractivity contribution in [3.63, 3.8) is 0 Å². The highest BCUT2D eigenvalue weighted by Crippen LogP contribution is 2.41. The molecule has 0 bridgehead atoms. The Morgan fingerprint density at radius 3 is 1.65 bits per heavy atom. The molecule has 1 aromatic carbocycles. The smallest absolute Gasteiger partial charge is 0.311 e. The van der Waals surface area contributed by atoms with Crippen LogP contribution in [0.1, 0.15) is 101 Å². The van der Waals surface area contributed by atoms with E-state index in [0.717, 1.165) is 0 Å². The molecule has 2 heterocycles. The molecule has 0 aliphatic carbocycles. The van der Waals surface area contributed by atoms with Crippen molar-refractivity contribution in [1.29, 1.82) is 0 Å². The van der Waals surface area contributed by atoms with Gasteiger partial charge >= 0.3 is 23.9 Å². The molecule has 52 heavy (non-hydrogen) atoms. The first-order chi connectivity index (χ1) is 23.8. The lowest BCUT2D eigenvalue weighted by Gasteiger charge is -2.50. The molecule has 13 heteroatoms. The number of hydrogen-bond donors (Lipinski definition) is 0. The highest BCUT2D eigenvalue weighted by atomic mass is 16.7. The summed E-state index contributed by atoms with van der Waals surface area (Å²) < 4.78 is 41.9. The summed E-state index contributed by atoms with van der Waals surface area (Å²) >= 11 is 0. The number of nitrogens with zero attached hydrogens (tertiary/aromatic N) is 1. The molecule has 6 atom stereocenters. The summed E-state index contributed by atoms with van der Waals surface area (Å²) in [7, 11) is 3.00. The van der Waals surface area contributed by atoms with E-state index in [-0.39, 0.29) is 12.2 Å². The fourth-order valence-corrected chi connectivity index (χ4v) is 5.20. The molecule has 0 amide bonds. The number of rotatable bonds is 9. The Labute approximate surface area is 307 Å². The zero-order valence-electron chi connectivity index (χ0n) is 33.1. The van der Waals surface area contributed by atoms with Crippen LogP contribution < -0.4 is 9.47 Å². The van der Waals surface area contributed by atoms with Gasteiger partial charge in [0.05, 0.1) is 41.9 Å². The molecule has 3 rings (SSSR count). The van der Waals surface area contributed by atoms with Gasteiger partial charge in [-0.2, -0.15) is 0 Å². The number of benzene rings is 1. The predicted octanol–water partition coefficient (Wildman–Crippen LogP) is 5.72. The molecular formula is C39H57NO12. The van der Waals surface area contributed by atoms with Gasteiger partial charge in [0.25, 0.3) is 0 Å². The number of allylic oxidation sites excluding steroid dienone is 1. The lowest BCUT2D eigenvalue weighted by atomic mass is 9.90. The van der Waals surface area contributed by atoms with Crippen LogP contribution in [-0.2, 0) is 47.7 Å². The summed E-state index contributed by atoms with van der Waals surface area (Å²) in [5.74, 6) is -1.82. The van der Waals surface area contributed by atoms with Crippen LogP contribution >= 0.6 is 0 Å². The van der Waals surface area contributed by atoms with Gasteiger partial charge in [-0.3, -0.25) is 24.0 Å². The van der Waals surface area contributed by atoms with Gasteiger partial charge in [0.1, 0.15) is 12.7 Å². The second-order valence-corrected chi connectivity index (χ2v) is 17.3. The van der Waals surface area contributed by atoms with E-state index in [0.29, 0.717) is 17.1 Å². The molecule has 0 N–H and O–H groups in total. The van der Waals surface area contributed by atoms with E-state index < -0.39 is 88.8 Å². The SMILES string of the molecule is COc1ccc([C@@H]2CC(=O)C=CN2[C@@H]2O[C@H](COC(=O)C(C)(C)C)[C@H](OC(=O)C(C)(C)C)[C@H](OC(=O)C(C)(C)C)[C@H]2OC(=O)C(C)(C)C)cc1OC. The molecule has 13 nitrogen and oxygen atoms in total. The maximum absolute atomic E-state index is 13.7. The number of ketones is 1. The van der Waals surface area contributed by atoms with E-state index in [1.54, 1.807) is 106 Å². The molecule has 1 aromatic rings. The van der Waals surface area contributed by atoms with Crippen molar-refractivity contribution in [2.24, 2.45) is 21.7 Å². The number of carbonyl (C=O) groups excluding carboxylic acids is 5. The number of methoxy groups -OCH3 is 2. The van der Waals surface area contributed by atoms with Crippen molar-refractivity contribution >= 4 is 29.7 Å². The van der Waals surface area contributed by atoms with Crippen LogP contribution in [0.3, 0.4) is 0 Å². The standard InChI is InChI=1S/C39H57NO12/c1-36(2,3)32(42)48-21-27-28(50-33(43)37(4,5)6)29(51-34(44)38(7,8)9)30(52-35(45)39(10,11)12)31(49-27)40-18-17-23(41)20-24(40)22-15-16-25(46-13)26(19-22)47-14/h15-19,24,27-31H,20-21H2,1-14H3/t24-,27+,28-,29-,30+,31+/m0/s1. The summed E-state index contributed by atoms with van der Waals surface area (Å²) in [5, 5.41) is 0. The van der Waals surface area contributed by atoms with Gasteiger partial charge in [0.2, 0.25) is 0 Å². The number of esters is 4. The summed E-state index contributed by atoms with van der Waals surface area (Å²) in [6.45, 7) is 19.6. The normalized spacial score (nSPS) is 24.1. The Hall–Kier alpha value is -4.13. The first-order valence-electron chi connectivity index (χ1n) is 17.5. The number of hydrogen-bond acceptors (Lipinski definition) is 13. The van der Waals surface area contributed by atoms with Gasteiger partial charge in [-0.1, -0.05) is 6.07 Å². The quantitative estimate of drug-likeness (QED) is 0.225. The van der Waals surface area contributed by atoms with Gasteiger partial charge in [0, 0.05) is 12.6 Å². The monoisotopic (exact) mass is 731 g/mol. The average molecular weight is 732 g/mol. The highest BCUT2D eigenvalue weighted by molar-refractivity contribution is 5.91. The van der Waals surface area contributed by atoms with Crippen molar-refractivity contribution in [3.05, 3.63) is 36.0 Å². The Bertz CT molecular complexity index is 1520. The molecular weight excluding hydrogens is 674 g/mol. The van der Waals surface area contributed by atoms with Crippen LogP contribution in [0.25, 0.3) is 0 Å². The number of ether oxygens (including phenoxy) is 7. The minimum absolute atomic E-state index is 0.00958. The van der Waals surface area contributed by atoms with Gasteiger partial charge in [-0.15, -0.1) is 0 Å². The van der Waals surface area contributed by atoms with Gasteiger partial charge in [0.15, 0.2) is 41.8 Å². The van der Waals surface area contributed by atoms with Crippen molar-refractivity contribution < 1.29 is 57.1 Å². The Balaban J connectivity index is 2.31. The third-order valence-electron chi connectivity index (χ3n) is 8.44. The molecule has 0 aromatic heterocycles. The van der Waals surface area contributed by atoms with Crippen LogP contribution in [0, 0.1) is 21.7 Å². The highest BCUT2D eigenvalue weighted by Gasteiger charge is 2.56. The molecule has 0 unspecified atom stereocenters. The van der Waals surface area contributed by atoms with Crippen LogP contribution in [0.5, 0.6) is 11.5 Å². The molecule has 1 saturated heterocycles.